The summed E-state index contributed by atoms with van der Waals surface area (Å²) in [6.45, 7) is 9.48. The first kappa shape index (κ1) is 31.9. The zero-order chi connectivity index (χ0) is 30.0. The molecule has 2 N–H and O–H groups in total. The van der Waals surface area contributed by atoms with E-state index in [1.165, 1.54) is 0 Å². The van der Waals surface area contributed by atoms with E-state index in [9.17, 15) is 9.59 Å². The van der Waals surface area contributed by atoms with E-state index < -0.39 is 5.91 Å². The highest BCUT2D eigenvalue weighted by Gasteiger charge is 2.22. The second-order valence-corrected chi connectivity index (χ2v) is 10.5. The molecule has 2 aromatic carbocycles. The van der Waals surface area contributed by atoms with Gasteiger partial charge in [0.25, 0.3) is 11.8 Å². The van der Waals surface area contributed by atoms with E-state index in [2.05, 4.69) is 20.7 Å². The molecule has 12 heteroatoms. The lowest BCUT2D eigenvalue weighted by molar-refractivity contribution is 0.0735. The van der Waals surface area contributed by atoms with Gasteiger partial charge >= 0.3 is 0 Å². The molecule has 1 saturated heterocycles. The van der Waals surface area contributed by atoms with Crippen LogP contribution >= 0.6 is 12.4 Å². The number of aromatic nitrogens is 4. The van der Waals surface area contributed by atoms with Crippen molar-refractivity contribution in [2.45, 2.75) is 27.3 Å². The van der Waals surface area contributed by atoms with E-state index in [1.807, 2.05) is 24.8 Å². The largest absolute Gasteiger partial charge is 0.383 e. The monoisotopic (exact) mass is 609 g/mol. The SMILES string of the molecule is COCCn1ncc(-c2ccc(-c3cnc(C(=O)Nc4ccc(C(=O)N5CCNCC5)c(C)c4)n3C)c(C)c2F)c1C.Cl. The minimum absolute atomic E-state index is 0. The minimum Gasteiger partial charge on any atom is -0.383 e. The predicted octanol–water partition coefficient (Wildman–Crippen LogP) is 4.38. The molecule has 5 rings (SSSR count). The number of carbonyl (C=O) groups excluding carboxylic acids is 2. The Balaban J connectivity index is 0.00000423. The molecule has 4 aromatic rings. The van der Waals surface area contributed by atoms with Crippen LogP contribution in [0, 0.1) is 26.6 Å². The quantitative estimate of drug-likeness (QED) is 0.307. The van der Waals surface area contributed by atoms with Crippen molar-refractivity contribution in [2.75, 3.05) is 45.2 Å². The molecular weight excluding hydrogens is 573 g/mol. The number of rotatable bonds is 8. The van der Waals surface area contributed by atoms with Gasteiger partial charge in [0.2, 0.25) is 0 Å². The molecular formula is C31H37ClFN7O3. The van der Waals surface area contributed by atoms with Crippen molar-refractivity contribution in [1.29, 1.82) is 0 Å². The minimum atomic E-state index is -0.404. The summed E-state index contributed by atoms with van der Waals surface area (Å²) in [4.78, 5) is 32.3. The van der Waals surface area contributed by atoms with E-state index in [0.29, 0.717) is 59.9 Å². The van der Waals surface area contributed by atoms with Crippen molar-refractivity contribution in [1.82, 2.24) is 29.5 Å². The molecule has 2 amide bonds. The zero-order valence-corrected chi connectivity index (χ0v) is 25.8. The number of amides is 2. The van der Waals surface area contributed by atoms with Crippen molar-refractivity contribution in [3.8, 4) is 22.4 Å². The Kier molecular flexibility index (Phi) is 10.0. The Bertz CT molecular complexity index is 1640. The standard InChI is InChI=1S/C31H36FN7O3.ClH/c1-19-16-22(6-7-23(19)31(41)38-12-10-33-11-13-38)36-30(40)29-34-18-27(37(29)4)24-8-9-25(28(32)20(24)2)26-17-35-39(21(26)3)14-15-42-5;/h6-9,16-18,33H,10-15H2,1-5H3,(H,36,40);1H. The van der Waals surface area contributed by atoms with Crippen molar-refractivity contribution >= 4 is 29.9 Å². The predicted molar refractivity (Wildman–Crippen MR) is 166 cm³/mol. The average molecular weight is 610 g/mol. The van der Waals surface area contributed by atoms with Gasteiger partial charge in [-0.05, 0) is 50.1 Å². The summed E-state index contributed by atoms with van der Waals surface area (Å²) in [5, 5.41) is 10.5. The summed E-state index contributed by atoms with van der Waals surface area (Å²) < 4.78 is 24.3. The Morgan fingerprint density at radius 2 is 1.77 bits per heavy atom. The molecule has 0 saturated carbocycles. The van der Waals surface area contributed by atoms with Crippen molar-refractivity contribution < 1.29 is 18.7 Å². The Labute approximate surface area is 256 Å². The van der Waals surface area contributed by atoms with Gasteiger partial charge in [0.1, 0.15) is 5.82 Å². The van der Waals surface area contributed by atoms with Crippen LogP contribution in [0.5, 0.6) is 0 Å². The number of anilines is 1. The lowest BCUT2D eigenvalue weighted by Crippen LogP contribution is -2.46. The van der Waals surface area contributed by atoms with E-state index >= 15 is 4.39 Å². The highest BCUT2D eigenvalue weighted by atomic mass is 35.5. The number of piperazine rings is 1. The number of halogens is 2. The summed E-state index contributed by atoms with van der Waals surface area (Å²) in [6, 6.07) is 8.84. The average Bonchev–Trinajstić information content (AvgIpc) is 3.55. The van der Waals surface area contributed by atoms with Gasteiger partial charge in [-0.15, -0.1) is 12.4 Å². The van der Waals surface area contributed by atoms with Crippen molar-refractivity contribution in [2.24, 2.45) is 7.05 Å². The van der Waals surface area contributed by atoms with Crippen LogP contribution in [0.15, 0.2) is 42.7 Å². The number of nitrogens with one attached hydrogen (secondary N) is 2. The fourth-order valence-electron chi connectivity index (χ4n) is 5.36. The zero-order valence-electron chi connectivity index (χ0n) is 25.0. The highest BCUT2D eigenvalue weighted by molar-refractivity contribution is 6.03. The lowest BCUT2D eigenvalue weighted by Gasteiger charge is -2.28. The summed E-state index contributed by atoms with van der Waals surface area (Å²) in [5.41, 5.74) is 5.71. The molecule has 0 radical (unpaired) electrons. The van der Waals surface area contributed by atoms with Gasteiger partial charge in [0.05, 0.1) is 31.2 Å². The first-order chi connectivity index (χ1) is 20.2. The van der Waals surface area contributed by atoms with Crippen molar-refractivity contribution in [3.05, 3.63) is 76.8 Å². The van der Waals surface area contributed by atoms with Gasteiger partial charge in [-0.2, -0.15) is 5.10 Å². The number of aryl methyl sites for hydroxylation is 1. The lowest BCUT2D eigenvalue weighted by atomic mass is 9.98. The summed E-state index contributed by atoms with van der Waals surface area (Å²) in [7, 11) is 3.36. The maximum absolute atomic E-state index is 15.7. The van der Waals surface area contributed by atoms with Crippen LogP contribution in [0.2, 0.25) is 0 Å². The molecule has 228 valence electrons. The molecule has 0 unspecified atom stereocenters. The van der Waals surface area contributed by atoms with Crippen LogP contribution in [0.1, 0.15) is 37.8 Å². The molecule has 0 bridgehead atoms. The number of benzene rings is 2. The first-order valence-electron chi connectivity index (χ1n) is 14.0. The highest BCUT2D eigenvalue weighted by Crippen LogP contribution is 2.33. The van der Waals surface area contributed by atoms with Crippen LogP contribution in [-0.4, -0.2) is 75.9 Å². The topological polar surface area (TPSA) is 106 Å². The van der Waals surface area contributed by atoms with Gasteiger partial charge in [0.15, 0.2) is 5.82 Å². The van der Waals surface area contributed by atoms with Gasteiger partial charge in [-0.25, -0.2) is 9.37 Å². The van der Waals surface area contributed by atoms with Gasteiger partial charge in [0, 0.05) is 74.0 Å². The number of carbonyl (C=O) groups is 2. The molecule has 1 aliphatic heterocycles. The number of hydrogen-bond donors (Lipinski definition) is 2. The first-order valence-corrected chi connectivity index (χ1v) is 14.0. The summed E-state index contributed by atoms with van der Waals surface area (Å²) in [5.74, 6) is -0.578. The van der Waals surface area contributed by atoms with Crippen LogP contribution in [0.25, 0.3) is 22.4 Å². The number of hydrogen-bond acceptors (Lipinski definition) is 6. The third-order valence-electron chi connectivity index (χ3n) is 7.87. The number of methoxy groups -OCH3 is 1. The van der Waals surface area contributed by atoms with Crippen molar-refractivity contribution in [3.63, 3.8) is 0 Å². The second kappa shape index (κ2) is 13.5. The molecule has 0 atom stereocenters. The number of imidazole rings is 1. The van der Waals surface area contributed by atoms with Gasteiger partial charge in [-0.3, -0.25) is 14.3 Å². The molecule has 0 aliphatic carbocycles. The van der Waals surface area contributed by atoms with E-state index in [0.717, 1.165) is 29.9 Å². The van der Waals surface area contributed by atoms with Crippen LogP contribution < -0.4 is 10.6 Å². The van der Waals surface area contributed by atoms with E-state index in [1.54, 1.807) is 67.0 Å². The molecule has 1 fully saturated rings. The van der Waals surface area contributed by atoms with E-state index in [-0.39, 0.29) is 30.0 Å². The molecule has 3 heterocycles. The fraction of sp³-hybridized carbons (Fsp3) is 0.355. The van der Waals surface area contributed by atoms with Gasteiger partial charge < -0.3 is 24.8 Å². The number of ether oxygens (including phenoxy) is 1. The maximum Gasteiger partial charge on any atom is 0.291 e. The Hall–Kier alpha value is -4.06. The normalized spacial score (nSPS) is 13.1. The van der Waals surface area contributed by atoms with E-state index in [4.69, 9.17) is 4.74 Å². The molecule has 43 heavy (non-hydrogen) atoms. The Morgan fingerprint density at radius 3 is 2.47 bits per heavy atom. The summed E-state index contributed by atoms with van der Waals surface area (Å²) in [6.07, 6.45) is 3.25. The molecule has 2 aromatic heterocycles. The summed E-state index contributed by atoms with van der Waals surface area (Å²) >= 11 is 0. The fourth-order valence-corrected chi connectivity index (χ4v) is 5.36. The second-order valence-electron chi connectivity index (χ2n) is 10.5. The number of nitrogens with zero attached hydrogens (tertiary/aromatic N) is 5. The molecule has 0 spiro atoms. The smallest absolute Gasteiger partial charge is 0.291 e. The Morgan fingerprint density at radius 1 is 1.05 bits per heavy atom. The molecule has 1 aliphatic rings. The van der Waals surface area contributed by atoms with Crippen LogP contribution in [0.4, 0.5) is 10.1 Å². The van der Waals surface area contributed by atoms with Gasteiger partial charge in [-0.1, -0.05) is 12.1 Å². The van der Waals surface area contributed by atoms with Crippen LogP contribution in [0.3, 0.4) is 0 Å². The third-order valence-corrected chi connectivity index (χ3v) is 7.87. The third kappa shape index (κ3) is 6.34. The molecule has 10 nitrogen and oxygen atoms in total. The van der Waals surface area contributed by atoms with Crippen LogP contribution in [-0.2, 0) is 18.3 Å². The maximum atomic E-state index is 15.7.